The Morgan fingerprint density at radius 1 is 1.12 bits per heavy atom. The lowest BCUT2D eigenvalue weighted by Gasteiger charge is -2.15. The van der Waals surface area contributed by atoms with Gasteiger partial charge in [-0.1, -0.05) is 36.4 Å². The molecule has 4 nitrogen and oxygen atoms in total. The predicted octanol–water partition coefficient (Wildman–Crippen LogP) is 3.52. The first-order valence-corrected chi connectivity index (χ1v) is 8.58. The summed E-state index contributed by atoms with van der Waals surface area (Å²) in [5.74, 6) is 0.619. The number of benzene rings is 2. The van der Waals surface area contributed by atoms with E-state index in [9.17, 15) is 4.79 Å². The van der Waals surface area contributed by atoms with E-state index in [-0.39, 0.29) is 5.91 Å². The van der Waals surface area contributed by atoms with E-state index >= 15 is 0 Å². The van der Waals surface area contributed by atoms with Crippen molar-refractivity contribution in [1.82, 2.24) is 0 Å². The van der Waals surface area contributed by atoms with Gasteiger partial charge in [-0.05, 0) is 49.8 Å². The van der Waals surface area contributed by atoms with E-state index in [1.165, 1.54) is 12.8 Å². The van der Waals surface area contributed by atoms with Gasteiger partial charge in [-0.3, -0.25) is 4.79 Å². The largest absolute Gasteiger partial charge is 0.490 e. The Kier molecular flexibility index (Phi) is 5.49. The molecule has 0 aliphatic heterocycles. The van der Waals surface area contributed by atoms with Crippen molar-refractivity contribution in [1.29, 1.82) is 0 Å². The third-order valence-corrected chi connectivity index (χ3v) is 4.34. The Hall–Kier alpha value is -2.33. The number of amides is 1. The van der Waals surface area contributed by atoms with Gasteiger partial charge >= 0.3 is 0 Å². The number of hydrogen-bond donors (Lipinski definition) is 2. The van der Waals surface area contributed by atoms with Gasteiger partial charge in [0.25, 0.3) is 0 Å². The van der Waals surface area contributed by atoms with Crippen LogP contribution < -0.4 is 15.8 Å². The van der Waals surface area contributed by atoms with Crippen LogP contribution in [0.3, 0.4) is 0 Å². The Bertz CT molecular complexity index is 666. The summed E-state index contributed by atoms with van der Waals surface area (Å²) >= 11 is 0. The molecule has 0 heterocycles. The highest BCUT2D eigenvalue weighted by Crippen LogP contribution is 2.25. The second-order valence-corrected chi connectivity index (χ2v) is 6.34. The van der Waals surface area contributed by atoms with Crippen LogP contribution in [0.1, 0.15) is 31.2 Å². The average Bonchev–Trinajstić information content (AvgIpc) is 3.09. The average molecular weight is 324 g/mol. The SMILES string of the molecule is N[C@@H](Cc1ccccc1)C(=O)Nc1cccc(OC2CCCC2)c1. The molecule has 0 unspecified atom stereocenters. The van der Waals surface area contributed by atoms with Crippen molar-refractivity contribution >= 4 is 11.6 Å². The summed E-state index contributed by atoms with van der Waals surface area (Å²) in [5, 5.41) is 2.88. The van der Waals surface area contributed by atoms with E-state index in [1.54, 1.807) is 0 Å². The van der Waals surface area contributed by atoms with E-state index in [1.807, 2.05) is 54.6 Å². The molecular formula is C20H24N2O2. The Morgan fingerprint density at radius 2 is 1.88 bits per heavy atom. The molecular weight excluding hydrogens is 300 g/mol. The molecule has 3 N–H and O–H groups in total. The van der Waals surface area contributed by atoms with Crippen molar-refractivity contribution in [2.75, 3.05) is 5.32 Å². The zero-order valence-electron chi connectivity index (χ0n) is 13.8. The molecule has 0 spiro atoms. The first-order chi connectivity index (χ1) is 11.7. The van der Waals surface area contributed by atoms with Gasteiger partial charge in [0.2, 0.25) is 5.91 Å². The fourth-order valence-electron chi connectivity index (χ4n) is 3.04. The summed E-state index contributed by atoms with van der Waals surface area (Å²) in [7, 11) is 0. The van der Waals surface area contributed by atoms with Crippen LogP contribution >= 0.6 is 0 Å². The van der Waals surface area contributed by atoms with Crippen LogP contribution in [0.4, 0.5) is 5.69 Å². The zero-order chi connectivity index (χ0) is 16.8. The number of anilines is 1. The van der Waals surface area contributed by atoms with Crippen LogP contribution in [0, 0.1) is 0 Å². The first-order valence-electron chi connectivity index (χ1n) is 8.58. The van der Waals surface area contributed by atoms with E-state index in [0.29, 0.717) is 12.5 Å². The number of ether oxygens (including phenoxy) is 1. The van der Waals surface area contributed by atoms with Crippen LogP contribution in [0.2, 0.25) is 0 Å². The van der Waals surface area contributed by atoms with Gasteiger partial charge in [0, 0.05) is 11.8 Å². The number of rotatable bonds is 6. The number of nitrogens with two attached hydrogens (primary N) is 1. The second-order valence-electron chi connectivity index (χ2n) is 6.34. The lowest BCUT2D eigenvalue weighted by molar-refractivity contribution is -0.117. The van der Waals surface area contributed by atoms with Crippen LogP contribution in [-0.2, 0) is 11.2 Å². The fraction of sp³-hybridized carbons (Fsp3) is 0.350. The van der Waals surface area contributed by atoms with Crippen molar-refractivity contribution in [3.8, 4) is 5.75 Å². The molecule has 1 fully saturated rings. The van der Waals surface area contributed by atoms with Gasteiger partial charge in [-0.25, -0.2) is 0 Å². The smallest absolute Gasteiger partial charge is 0.241 e. The van der Waals surface area contributed by atoms with Crippen molar-refractivity contribution < 1.29 is 9.53 Å². The molecule has 24 heavy (non-hydrogen) atoms. The topological polar surface area (TPSA) is 64.4 Å². The quantitative estimate of drug-likeness (QED) is 0.854. The molecule has 0 bridgehead atoms. The summed E-state index contributed by atoms with van der Waals surface area (Å²) in [6, 6.07) is 16.8. The highest BCUT2D eigenvalue weighted by molar-refractivity contribution is 5.95. The molecule has 2 aromatic rings. The molecule has 1 amide bonds. The molecule has 3 rings (SSSR count). The summed E-state index contributed by atoms with van der Waals surface area (Å²) < 4.78 is 5.97. The standard InChI is InChI=1S/C20H24N2O2/c21-19(13-15-7-2-1-3-8-15)20(23)22-16-9-6-12-18(14-16)24-17-10-4-5-11-17/h1-3,6-9,12,14,17,19H,4-5,10-11,13,21H2,(H,22,23)/t19-/m0/s1. The van der Waals surface area contributed by atoms with E-state index in [0.717, 1.165) is 29.8 Å². The molecule has 1 aliphatic carbocycles. The molecule has 0 aromatic heterocycles. The van der Waals surface area contributed by atoms with Crippen molar-refractivity contribution in [3.63, 3.8) is 0 Å². The zero-order valence-corrected chi connectivity index (χ0v) is 13.8. The minimum atomic E-state index is -0.577. The molecule has 4 heteroatoms. The molecule has 0 saturated heterocycles. The molecule has 1 aliphatic rings. The maximum Gasteiger partial charge on any atom is 0.241 e. The second kappa shape index (κ2) is 7.97. The molecule has 0 radical (unpaired) electrons. The van der Waals surface area contributed by atoms with Gasteiger partial charge in [0.15, 0.2) is 0 Å². The van der Waals surface area contributed by atoms with Gasteiger partial charge in [0.05, 0.1) is 12.1 Å². The van der Waals surface area contributed by atoms with Crippen molar-refractivity contribution in [2.24, 2.45) is 5.73 Å². The lowest BCUT2D eigenvalue weighted by atomic mass is 10.1. The molecule has 1 saturated carbocycles. The van der Waals surface area contributed by atoms with Crippen LogP contribution in [0.15, 0.2) is 54.6 Å². The van der Waals surface area contributed by atoms with E-state index in [2.05, 4.69) is 5.32 Å². The van der Waals surface area contributed by atoms with Crippen LogP contribution in [-0.4, -0.2) is 18.1 Å². The van der Waals surface area contributed by atoms with Gasteiger partial charge in [-0.15, -0.1) is 0 Å². The third-order valence-electron chi connectivity index (χ3n) is 4.34. The minimum Gasteiger partial charge on any atom is -0.490 e. The normalized spacial score (nSPS) is 15.9. The Morgan fingerprint density at radius 3 is 2.62 bits per heavy atom. The highest BCUT2D eigenvalue weighted by Gasteiger charge is 2.17. The predicted molar refractivity (Wildman–Crippen MR) is 96.1 cm³/mol. The number of hydrogen-bond acceptors (Lipinski definition) is 3. The first kappa shape index (κ1) is 16.5. The molecule has 126 valence electrons. The summed E-state index contributed by atoms with van der Waals surface area (Å²) in [5.41, 5.74) is 7.80. The summed E-state index contributed by atoms with van der Waals surface area (Å²) in [4.78, 5) is 12.3. The van der Waals surface area contributed by atoms with Crippen molar-refractivity contribution in [2.45, 2.75) is 44.2 Å². The van der Waals surface area contributed by atoms with Crippen molar-refractivity contribution in [3.05, 3.63) is 60.2 Å². The Balaban J connectivity index is 1.57. The van der Waals surface area contributed by atoms with Gasteiger partial charge < -0.3 is 15.8 Å². The number of carbonyl (C=O) groups excluding carboxylic acids is 1. The molecule has 1 atom stereocenters. The third kappa shape index (κ3) is 4.59. The van der Waals surface area contributed by atoms with E-state index in [4.69, 9.17) is 10.5 Å². The maximum absolute atomic E-state index is 12.3. The minimum absolute atomic E-state index is 0.183. The molecule has 2 aromatic carbocycles. The van der Waals surface area contributed by atoms with Gasteiger partial charge in [-0.2, -0.15) is 0 Å². The Labute approximate surface area is 143 Å². The van der Waals surface area contributed by atoms with Gasteiger partial charge in [0.1, 0.15) is 5.75 Å². The lowest BCUT2D eigenvalue weighted by Crippen LogP contribution is -2.37. The highest BCUT2D eigenvalue weighted by atomic mass is 16.5. The number of carbonyl (C=O) groups is 1. The fourth-order valence-corrected chi connectivity index (χ4v) is 3.04. The van der Waals surface area contributed by atoms with Crippen LogP contribution in [0.25, 0.3) is 0 Å². The summed E-state index contributed by atoms with van der Waals surface area (Å²) in [6.45, 7) is 0. The summed E-state index contributed by atoms with van der Waals surface area (Å²) in [6.07, 6.45) is 5.50. The van der Waals surface area contributed by atoms with Crippen LogP contribution in [0.5, 0.6) is 5.75 Å². The van der Waals surface area contributed by atoms with E-state index < -0.39 is 6.04 Å². The monoisotopic (exact) mass is 324 g/mol. The number of nitrogens with one attached hydrogen (secondary N) is 1. The maximum atomic E-state index is 12.3.